The summed E-state index contributed by atoms with van der Waals surface area (Å²) >= 11 is 2.12. The molecule has 0 heterocycles. The molecule has 0 aliphatic carbocycles. The Morgan fingerprint density at radius 3 is 2.05 bits per heavy atom. The van der Waals surface area contributed by atoms with Gasteiger partial charge in [-0.15, -0.1) is 16.2 Å². The first kappa shape index (κ1) is 21.2. The van der Waals surface area contributed by atoms with E-state index in [2.05, 4.69) is 9.99 Å². The molecule has 0 aromatic carbocycles. The number of carbonyl (C=O) groups excluding carboxylic acids is 2. The molecule has 0 unspecified atom stereocenters. The number of nitrogens with zero attached hydrogens (tertiary/aromatic N) is 3. The van der Waals surface area contributed by atoms with Gasteiger partial charge in [0.15, 0.2) is 0 Å². The molecule has 0 aromatic heterocycles. The minimum atomic E-state index is -4.69. The molecular formula is C9H13F4N3O3S3. The lowest BCUT2D eigenvalue weighted by molar-refractivity contribution is -0.0575. The molecule has 0 saturated carbocycles. The van der Waals surface area contributed by atoms with Crippen LogP contribution in [-0.2, 0) is 4.84 Å². The molecule has 0 saturated heterocycles. The van der Waals surface area contributed by atoms with Crippen LogP contribution in [0.25, 0.3) is 0 Å². The number of carbonyl (C=O) groups is 2. The highest BCUT2D eigenvalue weighted by molar-refractivity contribution is 8.13. The van der Waals surface area contributed by atoms with Crippen LogP contribution >= 0.6 is 35.7 Å². The van der Waals surface area contributed by atoms with Gasteiger partial charge in [0.25, 0.3) is 0 Å². The zero-order valence-corrected chi connectivity index (χ0v) is 14.2. The molecule has 13 heteroatoms. The van der Waals surface area contributed by atoms with E-state index in [1.54, 1.807) is 0 Å². The SMILES string of the molecule is CSC(=NOC(=O)N(C)SCCSN(C)C(=O)F)C(F)(F)F. The number of thioether (sulfide) groups is 1. The standard InChI is InChI=1S/C9H13F4N3O3S3/c1-15(7(10)17)21-4-5-22-16(2)8(18)19-14-6(20-3)9(11,12)13/h4-5H2,1-3H3. The van der Waals surface area contributed by atoms with Crippen molar-refractivity contribution in [1.29, 1.82) is 0 Å². The number of hydrogen-bond donors (Lipinski definition) is 0. The van der Waals surface area contributed by atoms with E-state index in [9.17, 15) is 27.2 Å². The molecule has 6 nitrogen and oxygen atoms in total. The van der Waals surface area contributed by atoms with Crippen molar-refractivity contribution >= 4 is 53.0 Å². The van der Waals surface area contributed by atoms with E-state index < -0.39 is 23.5 Å². The van der Waals surface area contributed by atoms with Crippen molar-refractivity contribution in [3.63, 3.8) is 0 Å². The van der Waals surface area contributed by atoms with Crippen molar-refractivity contribution in [2.24, 2.45) is 5.16 Å². The van der Waals surface area contributed by atoms with Gasteiger partial charge in [-0.25, -0.2) is 9.59 Å². The van der Waals surface area contributed by atoms with Crippen LogP contribution in [0.2, 0.25) is 0 Å². The van der Waals surface area contributed by atoms with Gasteiger partial charge in [0.2, 0.25) is 5.04 Å². The van der Waals surface area contributed by atoms with E-state index >= 15 is 0 Å². The summed E-state index contributed by atoms with van der Waals surface area (Å²) in [5, 5.41) is 1.48. The number of hydrogen-bond acceptors (Lipinski definition) is 7. The molecule has 0 radical (unpaired) electrons. The first-order valence-electron chi connectivity index (χ1n) is 5.42. The Labute approximate surface area is 137 Å². The van der Waals surface area contributed by atoms with Crippen LogP contribution in [0.5, 0.6) is 0 Å². The monoisotopic (exact) mass is 383 g/mol. The molecule has 22 heavy (non-hydrogen) atoms. The maximum Gasteiger partial charge on any atom is 0.445 e. The normalized spacial score (nSPS) is 12.0. The zero-order valence-electron chi connectivity index (χ0n) is 11.7. The van der Waals surface area contributed by atoms with E-state index in [0.717, 1.165) is 38.8 Å². The molecule has 0 N–H and O–H groups in total. The second-order valence-corrected chi connectivity index (χ2v) is 6.59. The van der Waals surface area contributed by atoms with Gasteiger partial charge in [-0.05, 0) is 30.2 Å². The highest BCUT2D eigenvalue weighted by Crippen LogP contribution is 2.24. The van der Waals surface area contributed by atoms with Gasteiger partial charge >= 0.3 is 18.4 Å². The summed E-state index contributed by atoms with van der Waals surface area (Å²) in [4.78, 5) is 25.9. The van der Waals surface area contributed by atoms with Crippen LogP contribution in [0.4, 0.5) is 27.2 Å². The van der Waals surface area contributed by atoms with Gasteiger partial charge in [0.1, 0.15) is 0 Å². The maximum absolute atomic E-state index is 12.3. The van der Waals surface area contributed by atoms with Crippen LogP contribution in [-0.4, -0.2) is 63.9 Å². The first-order chi connectivity index (χ1) is 10.1. The lowest BCUT2D eigenvalue weighted by atomic mass is 10.7. The predicted molar refractivity (Wildman–Crippen MR) is 80.4 cm³/mol. The Kier molecular flexibility index (Phi) is 9.67. The second kappa shape index (κ2) is 10.0. The largest absolute Gasteiger partial charge is 0.445 e. The number of alkyl halides is 3. The Morgan fingerprint density at radius 2 is 1.64 bits per heavy atom. The average Bonchev–Trinajstić information content (AvgIpc) is 2.41. The van der Waals surface area contributed by atoms with E-state index in [-0.39, 0.29) is 0 Å². The van der Waals surface area contributed by atoms with Crippen molar-refractivity contribution in [1.82, 2.24) is 8.61 Å². The molecule has 0 aliphatic heterocycles. The Morgan fingerprint density at radius 1 is 1.14 bits per heavy atom. The van der Waals surface area contributed by atoms with Gasteiger partial charge in [0.05, 0.1) is 0 Å². The van der Waals surface area contributed by atoms with Crippen LogP contribution in [0.3, 0.4) is 0 Å². The van der Waals surface area contributed by atoms with E-state index in [0.29, 0.717) is 23.3 Å². The third-order valence-electron chi connectivity index (χ3n) is 1.80. The van der Waals surface area contributed by atoms with E-state index in [1.807, 2.05) is 0 Å². The summed E-state index contributed by atoms with van der Waals surface area (Å²) in [7, 11) is 2.52. The summed E-state index contributed by atoms with van der Waals surface area (Å²) in [6.07, 6.45) is -6.22. The van der Waals surface area contributed by atoms with Crippen molar-refractivity contribution in [3.8, 4) is 0 Å². The summed E-state index contributed by atoms with van der Waals surface area (Å²) in [5.74, 6) is 0.600. The van der Waals surface area contributed by atoms with Crippen molar-refractivity contribution in [2.45, 2.75) is 6.18 Å². The quantitative estimate of drug-likeness (QED) is 0.0804. The number of oxime groups is 1. The van der Waals surface area contributed by atoms with Crippen molar-refractivity contribution in [2.75, 3.05) is 31.9 Å². The molecule has 0 bridgehead atoms. The van der Waals surface area contributed by atoms with Gasteiger partial charge < -0.3 is 0 Å². The molecule has 0 rings (SSSR count). The Hall–Kier alpha value is -0.820. The van der Waals surface area contributed by atoms with Gasteiger partial charge in [-0.2, -0.15) is 13.2 Å². The third-order valence-corrected chi connectivity index (χ3v) is 4.59. The van der Waals surface area contributed by atoms with Gasteiger partial charge in [-0.3, -0.25) is 13.4 Å². The predicted octanol–water partition coefficient (Wildman–Crippen LogP) is 3.61. The number of amides is 2. The van der Waals surface area contributed by atoms with E-state index in [4.69, 9.17) is 0 Å². The number of rotatable bonds is 6. The lowest BCUT2D eigenvalue weighted by Crippen LogP contribution is -2.24. The van der Waals surface area contributed by atoms with Gasteiger partial charge in [-0.1, -0.05) is 5.16 Å². The van der Waals surface area contributed by atoms with Crippen LogP contribution in [0.1, 0.15) is 0 Å². The maximum atomic E-state index is 12.3. The topological polar surface area (TPSA) is 62.2 Å². The molecule has 0 aliphatic rings. The molecule has 128 valence electrons. The third kappa shape index (κ3) is 8.58. The Balaban J connectivity index is 4.17. The highest BCUT2D eigenvalue weighted by atomic mass is 32.2. The fourth-order valence-electron chi connectivity index (χ4n) is 0.795. The minimum Gasteiger partial charge on any atom is -0.296 e. The lowest BCUT2D eigenvalue weighted by Gasteiger charge is -2.15. The summed E-state index contributed by atoms with van der Waals surface area (Å²) in [6, 6.07) is 0. The summed E-state index contributed by atoms with van der Waals surface area (Å²) in [6.45, 7) is 0. The smallest absolute Gasteiger partial charge is 0.296 e. The van der Waals surface area contributed by atoms with Gasteiger partial charge in [0, 0.05) is 25.6 Å². The first-order valence-corrected chi connectivity index (χ1v) is 8.53. The highest BCUT2D eigenvalue weighted by Gasteiger charge is 2.36. The van der Waals surface area contributed by atoms with Crippen LogP contribution in [0.15, 0.2) is 5.16 Å². The molecule has 0 aromatic rings. The second-order valence-electron chi connectivity index (χ2n) is 3.37. The average molecular weight is 383 g/mol. The van der Waals surface area contributed by atoms with Crippen molar-refractivity contribution < 1.29 is 32.0 Å². The molecule has 0 spiro atoms. The van der Waals surface area contributed by atoms with Crippen molar-refractivity contribution in [3.05, 3.63) is 0 Å². The number of halogens is 4. The molecular weight excluding hydrogens is 370 g/mol. The summed E-state index contributed by atoms with van der Waals surface area (Å²) < 4.78 is 50.9. The van der Waals surface area contributed by atoms with Crippen LogP contribution < -0.4 is 0 Å². The molecule has 2 amide bonds. The fourth-order valence-corrected chi connectivity index (χ4v) is 2.52. The zero-order chi connectivity index (χ0) is 17.3. The molecule has 0 fully saturated rings. The summed E-state index contributed by atoms with van der Waals surface area (Å²) in [5.41, 5.74) is 0. The Bertz CT molecular complexity index is 423. The fraction of sp³-hybridized carbons (Fsp3) is 0.667. The van der Waals surface area contributed by atoms with Crippen LogP contribution in [0, 0.1) is 0 Å². The minimum absolute atomic E-state index is 0.298. The molecule has 0 atom stereocenters. The van der Waals surface area contributed by atoms with E-state index in [1.165, 1.54) is 14.1 Å².